The molecule has 1 unspecified atom stereocenters. The summed E-state index contributed by atoms with van der Waals surface area (Å²) in [6.07, 6.45) is 1.99. The third-order valence-electron chi connectivity index (χ3n) is 3.31. The number of imidazole rings is 1. The van der Waals surface area contributed by atoms with Crippen molar-refractivity contribution in [3.05, 3.63) is 54.4 Å². The maximum atomic E-state index is 6.35. The Kier molecular flexibility index (Phi) is 3.36. The van der Waals surface area contributed by atoms with E-state index in [2.05, 4.69) is 0 Å². The van der Waals surface area contributed by atoms with Crippen LogP contribution in [0.3, 0.4) is 0 Å². The second kappa shape index (κ2) is 5.17. The van der Waals surface area contributed by atoms with Crippen LogP contribution in [0.4, 0.5) is 0 Å². The molecule has 0 radical (unpaired) electrons. The van der Waals surface area contributed by atoms with Crippen molar-refractivity contribution in [2.24, 2.45) is 0 Å². The van der Waals surface area contributed by atoms with Crippen LogP contribution < -0.4 is 4.74 Å². The first-order valence-electron chi connectivity index (χ1n) is 6.46. The predicted octanol–water partition coefficient (Wildman–Crippen LogP) is 4.31. The van der Waals surface area contributed by atoms with Crippen molar-refractivity contribution in [1.82, 2.24) is 9.38 Å². The van der Waals surface area contributed by atoms with Gasteiger partial charge < -0.3 is 9.14 Å². The van der Waals surface area contributed by atoms with Gasteiger partial charge in [0, 0.05) is 11.8 Å². The Labute approximate surface area is 122 Å². The Hall–Kier alpha value is -2.00. The van der Waals surface area contributed by atoms with Crippen LogP contribution in [-0.4, -0.2) is 16.5 Å². The first kappa shape index (κ1) is 13.0. The van der Waals surface area contributed by atoms with E-state index in [1.807, 2.05) is 60.0 Å². The van der Waals surface area contributed by atoms with E-state index in [0.717, 1.165) is 28.3 Å². The van der Waals surface area contributed by atoms with Crippen LogP contribution in [0, 0.1) is 0 Å². The van der Waals surface area contributed by atoms with Crippen LogP contribution in [0.2, 0.25) is 0 Å². The lowest BCUT2D eigenvalue weighted by atomic mass is 10.1. The molecule has 0 fully saturated rings. The fraction of sp³-hybridized carbons (Fsp3) is 0.188. The molecule has 1 aromatic carbocycles. The SMILES string of the molecule is COc1ccc(-c2nc3ccccn3c2C(C)Cl)cc1. The number of alkyl halides is 1. The van der Waals surface area contributed by atoms with E-state index in [0.29, 0.717) is 0 Å². The minimum Gasteiger partial charge on any atom is -0.497 e. The van der Waals surface area contributed by atoms with E-state index in [-0.39, 0.29) is 5.38 Å². The highest BCUT2D eigenvalue weighted by molar-refractivity contribution is 6.20. The highest BCUT2D eigenvalue weighted by Gasteiger charge is 2.17. The molecule has 0 aliphatic heterocycles. The van der Waals surface area contributed by atoms with Crippen molar-refractivity contribution in [2.75, 3.05) is 7.11 Å². The summed E-state index contributed by atoms with van der Waals surface area (Å²) in [4.78, 5) is 4.70. The summed E-state index contributed by atoms with van der Waals surface area (Å²) in [6.45, 7) is 1.96. The quantitative estimate of drug-likeness (QED) is 0.671. The van der Waals surface area contributed by atoms with Gasteiger partial charge in [-0.3, -0.25) is 0 Å². The molecule has 0 amide bonds. The maximum Gasteiger partial charge on any atom is 0.137 e. The number of halogens is 1. The minimum atomic E-state index is -0.121. The van der Waals surface area contributed by atoms with Crippen LogP contribution in [0.25, 0.3) is 16.9 Å². The Morgan fingerprint density at radius 1 is 1.15 bits per heavy atom. The van der Waals surface area contributed by atoms with E-state index in [4.69, 9.17) is 21.3 Å². The number of ether oxygens (including phenoxy) is 1. The molecule has 0 spiro atoms. The fourth-order valence-corrected chi connectivity index (χ4v) is 2.56. The zero-order chi connectivity index (χ0) is 14.1. The second-order valence-corrected chi connectivity index (χ2v) is 5.27. The number of fused-ring (bicyclic) bond motifs is 1. The largest absolute Gasteiger partial charge is 0.497 e. The predicted molar refractivity (Wildman–Crippen MR) is 81.4 cm³/mol. The minimum absolute atomic E-state index is 0.121. The summed E-state index contributed by atoms with van der Waals surface area (Å²) >= 11 is 6.35. The number of pyridine rings is 1. The summed E-state index contributed by atoms with van der Waals surface area (Å²) in [5.74, 6) is 0.831. The van der Waals surface area contributed by atoms with Crippen LogP contribution in [0.15, 0.2) is 48.7 Å². The standard InChI is InChI=1S/C16H15ClN2O/c1-11(17)16-15(12-6-8-13(20-2)9-7-12)18-14-5-3-4-10-19(14)16/h3-11H,1-2H3. The summed E-state index contributed by atoms with van der Waals surface area (Å²) in [7, 11) is 1.66. The first-order chi connectivity index (χ1) is 9.70. The molecular weight excluding hydrogens is 272 g/mol. The Balaban J connectivity index is 2.21. The van der Waals surface area contributed by atoms with Crippen molar-refractivity contribution in [3.63, 3.8) is 0 Å². The lowest BCUT2D eigenvalue weighted by Gasteiger charge is -2.07. The van der Waals surface area contributed by atoms with Crippen molar-refractivity contribution in [1.29, 1.82) is 0 Å². The van der Waals surface area contributed by atoms with Gasteiger partial charge in [-0.2, -0.15) is 0 Å². The number of rotatable bonds is 3. The van der Waals surface area contributed by atoms with E-state index in [9.17, 15) is 0 Å². The highest BCUT2D eigenvalue weighted by Crippen LogP contribution is 2.32. The molecule has 0 N–H and O–H groups in total. The van der Waals surface area contributed by atoms with Crippen molar-refractivity contribution < 1.29 is 4.74 Å². The van der Waals surface area contributed by atoms with Crippen molar-refractivity contribution in [3.8, 4) is 17.0 Å². The number of hydrogen-bond donors (Lipinski definition) is 0. The summed E-state index contributed by atoms with van der Waals surface area (Å²) in [5.41, 5.74) is 3.87. The van der Waals surface area contributed by atoms with Gasteiger partial charge >= 0.3 is 0 Å². The third-order valence-corrected chi connectivity index (χ3v) is 3.51. The van der Waals surface area contributed by atoms with Crippen molar-refractivity contribution in [2.45, 2.75) is 12.3 Å². The van der Waals surface area contributed by atoms with Gasteiger partial charge in [-0.25, -0.2) is 4.98 Å². The van der Waals surface area contributed by atoms with Gasteiger partial charge in [-0.05, 0) is 43.3 Å². The molecule has 1 atom stereocenters. The van der Waals surface area contributed by atoms with Gasteiger partial charge in [0.2, 0.25) is 0 Å². The van der Waals surface area contributed by atoms with Crippen LogP contribution in [0.1, 0.15) is 18.0 Å². The molecule has 0 aliphatic carbocycles. The Bertz CT molecular complexity index is 732. The topological polar surface area (TPSA) is 26.5 Å². The van der Waals surface area contributed by atoms with Gasteiger partial charge in [-0.15, -0.1) is 11.6 Å². The smallest absolute Gasteiger partial charge is 0.137 e. The molecule has 0 bridgehead atoms. The molecule has 0 saturated carbocycles. The molecule has 20 heavy (non-hydrogen) atoms. The zero-order valence-electron chi connectivity index (χ0n) is 11.4. The monoisotopic (exact) mass is 286 g/mol. The molecule has 2 aromatic heterocycles. The molecule has 4 heteroatoms. The number of hydrogen-bond acceptors (Lipinski definition) is 2. The number of benzene rings is 1. The van der Waals surface area contributed by atoms with E-state index in [1.165, 1.54) is 0 Å². The summed E-state index contributed by atoms with van der Waals surface area (Å²) in [5, 5.41) is -0.121. The maximum absolute atomic E-state index is 6.35. The molecule has 3 aromatic rings. The van der Waals surface area contributed by atoms with E-state index in [1.54, 1.807) is 7.11 Å². The van der Waals surface area contributed by atoms with Gasteiger partial charge in [-0.1, -0.05) is 6.07 Å². The molecular formula is C16H15ClN2O. The van der Waals surface area contributed by atoms with E-state index >= 15 is 0 Å². The van der Waals surface area contributed by atoms with Gasteiger partial charge in [0.1, 0.15) is 11.4 Å². The normalized spacial score (nSPS) is 12.6. The van der Waals surface area contributed by atoms with Crippen molar-refractivity contribution >= 4 is 17.2 Å². The summed E-state index contributed by atoms with van der Waals surface area (Å²) in [6, 6.07) is 13.8. The molecule has 0 aliphatic rings. The van der Waals surface area contributed by atoms with Crippen LogP contribution in [-0.2, 0) is 0 Å². The molecule has 3 rings (SSSR count). The first-order valence-corrected chi connectivity index (χ1v) is 6.90. The lowest BCUT2D eigenvalue weighted by Crippen LogP contribution is -1.94. The summed E-state index contributed by atoms with van der Waals surface area (Å²) < 4.78 is 7.23. The molecule has 102 valence electrons. The van der Waals surface area contributed by atoms with Crippen LogP contribution >= 0.6 is 11.6 Å². The zero-order valence-corrected chi connectivity index (χ0v) is 12.1. The molecule has 2 heterocycles. The lowest BCUT2D eigenvalue weighted by molar-refractivity contribution is 0.415. The number of nitrogens with zero attached hydrogens (tertiary/aromatic N) is 2. The van der Waals surface area contributed by atoms with E-state index < -0.39 is 0 Å². The number of methoxy groups -OCH3 is 1. The van der Waals surface area contributed by atoms with Gasteiger partial charge in [0.05, 0.1) is 23.9 Å². The average Bonchev–Trinajstić information content (AvgIpc) is 2.86. The Morgan fingerprint density at radius 3 is 2.55 bits per heavy atom. The molecule has 3 nitrogen and oxygen atoms in total. The van der Waals surface area contributed by atoms with Gasteiger partial charge in [0.25, 0.3) is 0 Å². The molecule has 0 saturated heterocycles. The second-order valence-electron chi connectivity index (χ2n) is 4.62. The number of aromatic nitrogens is 2. The van der Waals surface area contributed by atoms with Gasteiger partial charge in [0.15, 0.2) is 0 Å². The third kappa shape index (κ3) is 2.14. The Morgan fingerprint density at radius 2 is 1.90 bits per heavy atom. The highest BCUT2D eigenvalue weighted by atomic mass is 35.5. The average molecular weight is 287 g/mol. The van der Waals surface area contributed by atoms with Crippen LogP contribution in [0.5, 0.6) is 5.75 Å². The fourth-order valence-electron chi connectivity index (χ4n) is 2.36.